The maximum absolute atomic E-state index is 11.7. The van der Waals surface area contributed by atoms with Crippen molar-refractivity contribution in [1.29, 1.82) is 0 Å². The van der Waals surface area contributed by atoms with Crippen LogP contribution in [0.25, 0.3) is 0 Å². The number of amides is 1. The highest BCUT2D eigenvalue weighted by atomic mass is 32.2. The van der Waals surface area contributed by atoms with Crippen molar-refractivity contribution in [2.24, 2.45) is 0 Å². The van der Waals surface area contributed by atoms with Crippen molar-refractivity contribution in [3.05, 3.63) is 51.7 Å². The van der Waals surface area contributed by atoms with Crippen molar-refractivity contribution in [2.45, 2.75) is 5.25 Å². The predicted molar refractivity (Wildman–Crippen MR) is 85.0 cm³/mol. The Labute approximate surface area is 130 Å². The molecule has 0 bridgehead atoms. The van der Waals surface area contributed by atoms with Gasteiger partial charge in [0.05, 0.1) is 29.4 Å². The lowest BCUT2D eigenvalue weighted by Crippen LogP contribution is -2.11. The number of hydrogen-bond donors (Lipinski definition) is 1. The lowest BCUT2D eigenvalue weighted by Gasteiger charge is -2.14. The van der Waals surface area contributed by atoms with Gasteiger partial charge in [-0.1, -0.05) is 12.1 Å². The molecular weight excluding hydrogens is 306 g/mol. The van der Waals surface area contributed by atoms with Crippen LogP contribution in [-0.2, 0) is 9.53 Å². The summed E-state index contributed by atoms with van der Waals surface area (Å²) in [6.45, 7) is 0. The first-order valence-corrected chi connectivity index (χ1v) is 8.29. The Morgan fingerprint density at radius 2 is 2.05 bits per heavy atom. The van der Waals surface area contributed by atoms with Crippen molar-refractivity contribution in [1.82, 2.24) is 0 Å². The molecule has 0 fully saturated rings. The molecule has 1 aromatic heterocycles. The van der Waals surface area contributed by atoms with Gasteiger partial charge in [0.25, 0.3) is 0 Å². The van der Waals surface area contributed by atoms with E-state index in [1.165, 1.54) is 7.11 Å². The van der Waals surface area contributed by atoms with Crippen LogP contribution in [0, 0.1) is 0 Å². The number of carbonyl (C=O) groups is 2. The van der Waals surface area contributed by atoms with Crippen molar-refractivity contribution < 1.29 is 14.3 Å². The molecule has 1 atom stereocenters. The molecule has 108 valence electrons. The van der Waals surface area contributed by atoms with Gasteiger partial charge in [-0.15, -0.1) is 23.1 Å². The van der Waals surface area contributed by atoms with Crippen molar-refractivity contribution in [2.75, 3.05) is 18.2 Å². The fourth-order valence-electron chi connectivity index (χ4n) is 2.21. The van der Waals surface area contributed by atoms with E-state index in [9.17, 15) is 9.59 Å². The minimum absolute atomic E-state index is 0.0216. The molecule has 1 amide bonds. The minimum Gasteiger partial charge on any atom is -0.465 e. The second-order valence-electron chi connectivity index (χ2n) is 4.55. The molecule has 0 aliphatic carbocycles. The average molecular weight is 319 g/mol. The van der Waals surface area contributed by atoms with Gasteiger partial charge in [0.15, 0.2) is 0 Å². The van der Waals surface area contributed by atoms with Gasteiger partial charge in [0.2, 0.25) is 5.91 Å². The lowest BCUT2D eigenvalue weighted by molar-refractivity contribution is -0.113. The second-order valence-corrected chi connectivity index (χ2v) is 6.59. The normalized spacial score (nSPS) is 17.6. The van der Waals surface area contributed by atoms with Gasteiger partial charge < -0.3 is 10.1 Å². The number of esters is 1. The van der Waals surface area contributed by atoms with Crippen LogP contribution < -0.4 is 5.32 Å². The van der Waals surface area contributed by atoms with Crippen LogP contribution >= 0.6 is 23.1 Å². The first kappa shape index (κ1) is 14.2. The maximum atomic E-state index is 11.7. The van der Waals surface area contributed by atoms with E-state index in [2.05, 4.69) is 5.32 Å². The highest BCUT2D eigenvalue weighted by molar-refractivity contribution is 8.00. The van der Waals surface area contributed by atoms with E-state index in [0.29, 0.717) is 11.3 Å². The number of anilines is 1. The summed E-state index contributed by atoms with van der Waals surface area (Å²) in [5.41, 5.74) is 2.49. The standard InChI is InChI=1S/C15H13NO3S2/c1-19-15(18)10-4-2-9(3-5-10)13-14-11(6-7-20-14)16-12(17)8-21-13/h2-7,13H,8H2,1H3,(H,16,17)/t13-/m0/s1. The van der Waals surface area contributed by atoms with Crippen LogP contribution in [0.3, 0.4) is 0 Å². The number of thioether (sulfide) groups is 1. The molecule has 3 rings (SSSR count). The number of thiophene rings is 1. The number of methoxy groups -OCH3 is 1. The highest BCUT2D eigenvalue weighted by Crippen LogP contribution is 2.44. The Balaban J connectivity index is 1.93. The Morgan fingerprint density at radius 1 is 1.29 bits per heavy atom. The highest BCUT2D eigenvalue weighted by Gasteiger charge is 2.25. The monoisotopic (exact) mass is 319 g/mol. The number of benzene rings is 1. The van der Waals surface area contributed by atoms with E-state index < -0.39 is 0 Å². The van der Waals surface area contributed by atoms with Gasteiger partial charge in [-0.3, -0.25) is 4.79 Å². The van der Waals surface area contributed by atoms with Gasteiger partial charge in [-0.25, -0.2) is 4.79 Å². The number of fused-ring (bicyclic) bond motifs is 1. The van der Waals surface area contributed by atoms with E-state index in [4.69, 9.17) is 4.74 Å². The summed E-state index contributed by atoms with van der Waals surface area (Å²) in [6, 6.07) is 9.29. The van der Waals surface area contributed by atoms with Crippen molar-refractivity contribution >= 4 is 40.7 Å². The largest absolute Gasteiger partial charge is 0.465 e. The third-order valence-electron chi connectivity index (χ3n) is 3.22. The number of hydrogen-bond acceptors (Lipinski definition) is 5. The van der Waals surface area contributed by atoms with Crippen LogP contribution in [0.15, 0.2) is 35.7 Å². The SMILES string of the molecule is COC(=O)c1ccc([C@@H]2SCC(=O)Nc3ccsc32)cc1. The Morgan fingerprint density at radius 3 is 2.76 bits per heavy atom. The van der Waals surface area contributed by atoms with E-state index in [1.807, 2.05) is 23.6 Å². The van der Waals surface area contributed by atoms with E-state index in [-0.39, 0.29) is 17.1 Å². The number of ether oxygens (including phenoxy) is 1. The summed E-state index contributed by atoms with van der Waals surface area (Å²) in [5, 5.41) is 5.00. The van der Waals surface area contributed by atoms with Gasteiger partial charge in [0.1, 0.15) is 0 Å². The fourth-order valence-corrected chi connectivity index (χ4v) is 4.45. The van der Waals surface area contributed by atoms with Gasteiger partial charge in [-0.2, -0.15) is 0 Å². The zero-order valence-corrected chi connectivity index (χ0v) is 12.9. The Kier molecular flexibility index (Phi) is 3.98. The molecule has 4 nitrogen and oxygen atoms in total. The summed E-state index contributed by atoms with van der Waals surface area (Å²) in [7, 11) is 1.37. The Bertz CT molecular complexity index is 678. The molecule has 6 heteroatoms. The quantitative estimate of drug-likeness (QED) is 0.863. The van der Waals surface area contributed by atoms with Crippen molar-refractivity contribution in [3.8, 4) is 0 Å². The summed E-state index contributed by atoms with van der Waals surface area (Å²) in [5.74, 6) is 0.0993. The molecule has 2 aromatic rings. The van der Waals surface area contributed by atoms with Crippen LogP contribution in [-0.4, -0.2) is 24.7 Å². The molecule has 2 heterocycles. The number of carbonyl (C=O) groups excluding carboxylic acids is 2. The van der Waals surface area contributed by atoms with Crippen LogP contribution in [0.1, 0.15) is 26.0 Å². The predicted octanol–water partition coefficient (Wildman–Crippen LogP) is 3.31. The molecule has 0 saturated carbocycles. The van der Waals surface area contributed by atoms with E-state index in [1.54, 1.807) is 35.2 Å². The summed E-state index contributed by atoms with van der Waals surface area (Å²) < 4.78 is 4.70. The third kappa shape index (κ3) is 2.82. The molecule has 21 heavy (non-hydrogen) atoms. The first-order valence-electron chi connectivity index (χ1n) is 6.36. The molecule has 0 radical (unpaired) electrons. The molecule has 0 saturated heterocycles. The molecule has 1 aliphatic heterocycles. The summed E-state index contributed by atoms with van der Waals surface area (Å²) in [4.78, 5) is 24.3. The van der Waals surface area contributed by atoms with Gasteiger partial charge in [0, 0.05) is 4.88 Å². The second kappa shape index (κ2) is 5.91. The fraction of sp³-hybridized carbons (Fsp3) is 0.200. The number of nitrogens with one attached hydrogen (secondary N) is 1. The zero-order valence-electron chi connectivity index (χ0n) is 11.3. The third-order valence-corrected chi connectivity index (χ3v) is 5.62. The smallest absolute Gasteiger partial charge is 0.337 e. The Hall–Kier alpha value is -1.79. The maximum Gasteiger partial charge on any atom is 0.337 e. The van der Waals surface area contributed by atoms with Crippen LogP contribution in [0.2, 0.25) is 0 Å². The van der Waals surface area contributed by atoms with Gasteiger partial charge in [-0.05, 0) is 29.1 Å². The number of rotatable bonds is 2. The zero-order chi connectivity index (χ0) is 14.8. The lowest BCUT2D eigenvalue weighted by atomic mass is 10.1. The molecule has 0 spiro atoms. The summed E-state index contributed by atoms with van der Waals surface area (Å²) >= 11 is 3.23. The topological polar surface area (TPSA) is 55.4 Å². The molecular formula is C15H13NO3S2. The van der Waals surface area contributed by atoms with Crippen LogP contribution in [0.4, 0.5) is 5.69 Å². The average Bonchev–Trinajstić information content (AvgIpc) is 2.89. The summed E-state index contributed by atoms with van der Waals surface area (Å²) in [6.07, 6.45) is 0. The molecule has 1 aromatic carbocycles. The van der Waals surface area contributed by atoms with Crippen LogP contribution in [0.5, 0.6) is 0 Å². The first-order chi connectivity index (χ1) is 10.2. The van der Waals surface area contributed by atoms with Gasteiger partial charge >= 0.3 is 5.97 Å². The van der Waals surface area contributed by atoms with E-state index >= 15 is 0 Å². The molecule has 0 unspecified atom stereocenters. The van der Waals surface area contributed by atoms with E-state index in [0.717, 1.165) is 16.1 Å². The molecule has 1 N–H and O–H groups in total. The van der Waals surface area contributed by atoms with Crippen molar-refractivity contribution in [3.63, 3.8) is 0 Å². The minimum atomic E-state index is -0.344. The molecule has 1 aliphatic rings.